The van der Waals surface area contributed by atoms with E-state index in [0.717, 1.165) is 13.0 Å². The second kappa shape index (κ2) is 10.0. The van der Waals surface area contributed by atoms with Crippen molar-refractivity contribution in [2.45, 2.75) is 51.9 Å². The summed E-state index contributed by atoms with van der Waals surface area (Å²) in [6, 6.07) is 6.45. The molecule has 7 heteroatoms. The second-order valence-corrected chi connectivity index (χ2v) is 8.28. The number of benzene rings is 1. The van der Waals surface area contributed by atoms with Crippen molar-refractivity contribution in [2.24, 2.45) is 5.41 Å². The molecule has 164 valence electrons. The van der Waals surface area contributed by atoms with Crippen LogP contribution in [0.3, 0.4) is 0 Å². The molecule has 30 heavy (non-hydrogen) atoms. The van der Waals surface area contributed by atoms with E-state index >= 15 is 0 Å². The molecule has 2 amide bonds. The molecule has 1 aromatic rings. The summed E-state index contributed by atoms with van der Waals surface area (Å²) in [6.45, 7) is 4.18. The van der Waals surface area contributed by atoms with Crippen molar-refractivity contribution in [1.29, 1.82) is 0 Å². The Morgan fingerprint density at radius 2 is 2.00 bits per heavy atom. The van der Waals surface area contributed by atoms with Gasteiger partial charge in [0.15, 0.2) is 0 Å². The fourth-order valence-electron chi connectivity index (χ4n) is 4.54. The quantitative estimate of drug-likeness (QED) is 0.609. The normalized spacial score (nSPS) is 21.7. The smallest absolute Gasteiger partial charge is 0.314 e. The van der Waals surface area contributed by atoms with Gasteiger partial charge in [-0.3, -0.25) is 14.4 Å². The molecular formula is C23H31FN2O4. The lowest BCUT2D eigenvalue weighted by atomic mass is 9.74. The van der Waals surface area contributed by atoms with Gasteiger partial charge in [-0.2, -0.15) is 0 Å². The van der Waals surface area contributed by atoms with Gasteiger partial charge in [0, 0.05) is 39.0 Å². The van der Waals surface area contributed by atoms with Crippen LogP contribution in [0.25, 0.3) is 0 Å². The summed E-state index contributed by atoms with van der Waals surface area (Å²) in [5.41, 5.74) is -0.468. The first kappa shape index (κ1) is 22.2. The van der Waals surface area contributed by atoms with Gasteiger partial charge in [-0.05, 0) is 50.7 Å². The van der Waals surface area contributed by atoms with Crippen LogP contribution in [0, 0.1) is 11.2 Å². The van der Waals surface area contributed by atoms with Gasteiger partial charge in [-0.15, -0.1) is 0 Å². The number of hydrogen-bond acceptors (Lipinski definition) is 4. The van der Waals surface area contributed by atoms with Crippen LogP contribution in [0.15, 0.2) is 24.3 Å². The van der Waals surface area contributed by atoms with Crippen LogP contribution in [0.5, 0.6) is 0 Å². The van der Waals surface area contributed by atoms with Crippen molar-refractivity contribution in [1.82, 2.24) is 9.80 Å². The highest BCUT2D eigenvalue weighted by Crippen LogP contribution is 2.36. The molecule has 2 saturated heterocycles. The molecule has 0 N–H and O–H groups in total. The maximum Gasteiger partial charge on any atom is 0.314 e. The van der Waals surface area contributed by atoms with E-state index in [1.165, 1.54) is 6.07 Å². The predicted molar refractivity (Wildman–Crippen MR) is 110 cm³/mol. The summed E-state index contributed by atoms with van der Waals surface area (Å²) < 4.78 is 19.6. The number of piperidine rings is 1. The first-order valence-electron chi connectivity index (χ1n) is 10.9. The lowest BCUT2D eigenvalue weighted by Gasteiger charge is -2.41. The van der Waals surface area contributed by atoms with Crippen molar-refractivity contribution < 1.29 is 23.5 Å². The van der Waals surface area contributed by atoms with Crippen LogP contribution >= 0.6 is 0 Å². The molecule has 1 atom stereocenters. The van der Waals surface area contributed by atoms with E-state index in [1.807, 2.05) is 4.90 Å². The van der Waals surface area contributed by atoms with E-state index in [9.17, 15) is 18.8 Å². The number of likely N-dealkylation sites (tertiary alicyclic amines) is 2. The molecule has 1 aromatic carbocycles. The summed E-state index contributed by atoms with van der Waals surface area (Å²) in [5.74, 6) is -0.580. The number of carbonyl (C=O) groups excluding carboxylic acids is 3. The summed E-state index contributed by atoms with van der Waals surface area (Å²) in [5, 5.41) is 0. The van der Waals surface area contributed by atoms with Crippen molar-refractivity contribution in [3.8, 4) is 0 Å². The molecule has 0 aliphatic carbocycles. The van der Waals surface area contributed by atoms with Crippen molar-refractivity contribution in [2.75, 3.05) is 32.8 Å². The van der Waals surface area contributed by atoms with Gasteiger partial charge in [-0.1, -0.05) is 18.2 Å². The van der Waals surface area contributed by atoms with Crippen LogP contribution in [-0.4, -0.2) is 60.4 Å². The number of halogens is 1. The third-order valence-corrected chi connectivity index (χ3v) is 6.11. The van der Waals surface area contributed by atoms with Crippen molar-refractivity contribution in [3.05, 3.63) is 35.6 Å². The zero-order valence-electron chi connectivity index (χ0n) is 17.7. The Bertz CT molecular complexity index is 784. The summed E-state index contributed by atoms with van der Waals surface area (Å²) in [6.07, 6.45) is 3.87. The van der Waals surface area contributed by atoms with Gasteiger partial charge < -0.3 is 14.5 Å². The number of carbonyl (C=O) groups is 3. The van der Waals surface area contributed by atoms with E-state index < -0.39 is 5.41 Å². The first-order chi connectivity index (χ1) is 14.4. The summed E-state index contributed by atoms with van der Waals surface area (Å²) in [7, 11) is 0. The minimum Gasteiger partial charge on any atom is -0.466 e. The molecule has 0 bridgehead atoms. The molecule has 0 radical (unpaired) electrons. The van der Waals surface area contributed by atoms with Crippen LogP contribution in [0.4, 0.5) is 4.39 Å². The molecule has 3 rings (SSSR count). The molecule has 2 fully saturated rings. The molecule has 0 aromatic heterocycles. The lowest BCUT2D eigenvalue weighted by Crippen LogP contribution is -2.51. The molecule has 0 saturated carbocycles. The largest absolute Gasteiger partial charge is 0.466 e. The van der Waals surface area contributed by atoms with E-state index in [4.69, 9.17) is 4.74 Å². The number of rotatable bonds is 8. The van der Waals surface area contributed by atoms with Crippen molar-refractivity contribution >= 4 is 17.8 Å². The minimum atomic E-state index is -0.934. The van der Waals surface area contributed by atoms with Crippen LogP contribution < -0.4 is 0 Å². The van der Waals surface area contributed by atoms with E-state index in [2.05, 4.69) is 0 Å². The maximum absolute atomic E-state index is 14.3. The van der Waals surface area contributed by atoms with Gasteiger partial charge in [0.25, 0.3) is 0 Å². The zero-order chi connectivity index (χ0) is 21.6. The molecule has 2 aliphatic rings. The van der Waals surface area contributed by atoms with Crippen LogP contribution in [-0.2, 0) is 25.5 Å². The first-order valence-corrected chi connectivity index (χ1v) is 10.9. The highest BCUT2D eigenvalue weighted by atomic mass is 19.1. The standard InChI is InChI=1S/C23H31FN2O4/c1-2-30-22(29)23(16-18-8-3-4-9-19(18)24)12-7-15-26(17-23)21(28)11-6-14-25-13-5-10-20(25)27/h3-4,8-9H,2,5-7,10-17H2,1H3/t23-/m0/s1. The van der Waals surface area contributed by atoms with Gasteiger partial charge >= 0.3 is 5.97 Å². The third kappa shape index (κ3) is 5.18. The fourth-order valence-corrected chi connectivity index (χ4v) is 4.54. The van der Waals surface area contributed by atoms with Gasteiger partial charge in [-0.25, -0.2) is 4.39 Å². The molecule has 6 nitrogen and oxygen atoms in total. The number of esters is 1. The van der Waals surface area contributed by atoms with E-state index in [0.29, 0.717) is 50.8 Å². The van der Waals surface area contributed by atoms with Gasteiger partial charge in [0.05, 0.1) is 12.0 Å². The fraction of sp³-hybridized carbons (Fsp3) is 0.609. The SMILES string of the molecule is CCOC(=O)[C@]1(Cc2ccccc2F)CCCN(C(=O)CCCN2CCCC2=O)C1. The lowest BCUT2D eigenvalue weighted by molar-refractivity contribution is -0.161. The van der Waals surface area contributed by atoms with Crippen molar-refractivity contribution in [3.63, 3.8) is 0 Å². The highest BCUT2D eigenvalue weighted by Gasteiger charge is 2.45. The van der Waals surface area contributed by atoms with Gasteiger partial charge in [0.2, 0.25) is 11.8 Å². The highest BCUT2D eigenvalue weighted by molar-refractivity contribution is 5.81. The Kier molecular flexibility index (Phi) is 7.45. The molecule has 2 heterocycles. The second-order valence-electron chi connectivity index (χ2n) is 8.28. The number of amides is 2. The average molecular weight is 419 g/mol. The summed E-state index contributed by atoms with van der Waals surface area (Å²) >= 11 is 0. The molecule has 0 spiro atoms. The van der Waals surface area contributed by atoms with Gasteiger partial charge in [0.1, 0.15) is 5.82 Å². The van der Waals surface area contributed by atoms with E-state index in [-0.39, 0.29) is 43.2 Å². The molecule has 0 unspecified atom stereocenters. The molecule has 2 aliphatic heterocycles. The number of hydrogen-bond donors (Lipinski definition) is 0. The Balaban J connectivity index is 1.66. The Hall–Kier alpha value is -2.44. The van der Waals surface area contributed by atoms with E-state index in [1.54, 1.807) is 30.0 Å². The number of nitrogens with zero attached hydrogens (tertiary/aromatic N) is 2. The number of ether oxygens (including phenoxy) is 1. The van der Waals surface area contributed by atoms with Crippen LogP contribution in [0.1, 0.15) is 51.0 Å². The topological polar surface area (TPSA) is 66.9 Å². The Morgan fingerprint density at radius 1 is 1.20 bits per heavy atom. The Labute approximate surface area is 177 Å². The Morgan fingerprint density at radius 3 is 2.70 bits per heavy atom. The van der Waals surface area contributed by atoms with Crippen LogP contribution in [0.2, 0.25) is 0 Å². The predicted octanol–water partition coefficient (Wildman–Crippen LogP) is 2.94. The minimum absolute atomic E-state index is 0.0245. The zero-order valence-corrected chi connectivity index (χ0v) is 17.7. The molecular weight excluding hydrogens is 387 g/mol. The maximum atomic E-state index is 14.3. The third-order valence-electron chi connectivity index (χ3n) is 6.11. The monoisotopic (exact) mass is 418 g/mol. The average Bonchev–Trinajstić information content (AvgIpc) is 3.15. The summed E-state index contributed by atoms with van der Waals surface area (Å²) in [4.78, 5) is 41.0.